The number of hydrogen-bond acceptors (Lipinski definition) is 9. The van der Waals surface area contributed by atoms with Gasteiger partial charge in [-0.05, 0) is 112 Å². The van der Waals surface area contributed by atoms with Crippen LogP contribution in [0.1, 0.15) is 57.8 Å². The lowest BCUT2D eigenvalue weighted by Crippen LogP contribution is -2.60. The monoisotopic (exact) mass is 977 g/mol. The van der Waals surface area contributed by atoms with Crippen molar-refractivity contribution in [2.24, 2.45) is 0 Å². The molecule has 0 unspecified atom stereocenters. The third kappa shape index (κ3) is 10.5. The maximum absolute atomic E-state index is 13.6. The number of nitrogens with zero attached hydrogens (tertiary/aromatic N) is 7. The van der Waals surface area contributed by atoms with E-state index >= 15 is 0 Å². The van der Waals surface area contributed by atoms with Gasteiger partial charge in [-0.2, -0.15) is 0 Å². The number of halogens is 6. The Bertz CT molecular complexity index is 2330. The number of carbonyl (C=O) groups is 6. The lowest BCUT2D eigenvalue weighted by molar-refractivity contribution is -0.267. The van der Waals surface area contributed by atoms with Crippen molar-refractivity contribution in [1.29, 1.82) is 0 Å². The second kappa shape index (κ2) is 20.9. The highest BCUT2D eigenvalue weighted by molar-refractivity contribution is 6.05. The predicted molar refractivity (Wildman–Crippen MR) is 232 cm³/mol. The number of rotatable bonds is 3. The fourth-order valence-electron chi connectivity index (χ4n) is 10.0. The minimum Gasteiger partial charge on any atom is -0.530 e. The molecule has 3 spiro atoms. The summed E-state index contributed by atoms with van der Waals surface area (Å²) in [6.45, 7) is 1.44. The third-order valence-electron chi connectivity index (χ3n) is 13.7. The van der Waals surface area contributed by atoms with Gasteiger partial charge in [0.05, 0.1) is 16.6 Å². The first-order chi connectivity index (χ1) is 32.8. The summed E-state index contributed by atoms with van der Waals surface area (Å²) in [5.41, 5.74) is -1.04. The highest BCUT2D eigenvalue weighted by Crippen LogP contribution is 2.42. The Morgan fingerprint density at radius 1 is 0.400 bits per heavy atom. The molecule has 6 aliphatic heterocycles. The van der Waals surface area contributed by atoms with Gasteiger partial charge in [0.15, 0.2) is 34.9 Å². The van der Waals surface area contributed by atoms with Crippen LogP contribution >= 0.6 is 0 Å². The Hall–Kier alpha value is -7.61. The predicted octanol–water partition coefficient (Wildman–Crippen LogP) is 3.83. The van der Waals surface area contributed by atoms with Gasteiger partial charge >= 0.3 is 6.15 Å². The van der Waals surface area contributed by atoms with Crippen molar-refractivity contribution in [3.63, 3.8) is 0 Å². The molecule has 6 amide bonds. The van der Waals surface area contributed by atoms with Crippen LogP contribution < -0.4 is 36.2 Å². The lowest BCUT2D eigenvalue weighted by Gasteiger charge is -2.50. The summed E-state index contributed by atoms with van der Waals surface area (Å²) >= 11 is 0. The minimum atomic E-state index is -1.24. The molecule has 3 aromatic rings. The first-order valence-electron chi connectivity index (χ1n) is 22.0. The Morgan fingerprint density at radius 3 is 0.829 bits per heavy atom. The molecule has 9 rings (SSSR count). The summed E-state index contributed by atoms with van der Waals surface area (Å²) in [5, 5.41) is 32.9. The quantitative estimate of drug-likeness (QED) is 0.348. The van der Waals surface area contributed by atoms with Gasteiger partial charge in [0.25, 0.3) is 17.7 Å². The molecule has 0 aliphatic carbocycles. The van der Waals surface area contributed by atoms with Gasteiger partial charge in [-0.3, -0.25) is 14.4 Å². The Labute approximate surface area is 397 Å². The number of carboxylic acid groups (broad SMARTS) is 3. The summed E-state index contributed by atoms with van der Waals surface area (Å²) in [4.78, 5) is 77.9. The van der Waals surface area contributed by atoms with E-state index in [-0.39, 0.29) is 80.2 Å². The minimum absolute atomic E-state index is 0. The maximum Gasteiger partial charge on any atom is 3.00 e. The third-order valence-corrected chi connectivity index (χ3v) is 13.7. The molecule has 6 aliphatic rings. The van der Waals surface area contributed by atoms with E-state index in [9.17, 15) is 70.4 Å². The van der Waals surface area contributed by atoms with Crippen LogP contribution in [-0.2, 0) is 14.4 Å². The molecular weight excluding hydrogens is 933 g/mol. The Kier molecular flexibility index (Phi) is 15.5. The number of benzene rings is 3. The highest BCUT2D eigenvalue weighted by Gasteiger charge is 3.00. The van der Waals surface area contributed by atoms with Gasteiger partial charge in [-0.15, -0.1) is 0 Å². The number of hydrogen-bond donors (Lipinski definition) is 0. The molecule has 0 bridgehead atoms. The molecule has 0 atom stereocenters. The van der Waals surface area contributed by atoms with E-state index in [1.54, 1.807) is 18.2 Å². The van der Waals surface area contributed by atoms with Crippen LogP contribution in [0, 0.1) is 34.9 Å². The van der Waals surface area contributed by atoms with Crippen LogP contribution in [0.3, 0.4) is 0 Å². The first kappa shape index (κ1) is 51.8. The highest BCUT2D eigenvalue weighted by atomic mass is 19.2. The molecule has 3 fully saturated rings. The SMILES string of the molecule is O=C([O-])N1CCC2(CC=CC(=O)N2c2ccc(F)c(F)c2)CC1.O=C([O-])N1CCC2(CC=CC(=O)N2c2ccc(F)c(F)c2)CC1.O=C([O-])N1CCC2(CC=CC(=O)N2c2ccc(F)c(F)c2)CC1.[N+3]. The standard InChI is InChI=1S/3C16H16F2N2O3.N/c3*17-12-4-3-11(10-13(12)18)20-14(21)2-1-5-16(20)6-8-19(9-7-16)15(22)23;/h3*1-4,10H,5-9H2,(H,22,23);/q;;;+3/p-3. The average molecular weight is 978 g/mol. The average Bonchev–Trinajstić information content (AvgIpc) is 3.31. The van der Waals surface area contributed by atoms with Crippen LogP contribution in [0.2, 0.25) is 0 Å². The molecular formula is C48H45F6N7O9. The van der Waals surface area contributed by atoms with Crippen LogP contribution in [0.4, 0.5) is 57.8 Å². The number of piperidine rings is 3. The van der Waals surface area contributed by atoms with Crippen molar-refractivity contribution in [3.8, 4) is 0 Å². The van der Waals surface area contributed by atoms with E-state index in [4.69, 9.17) is 0 Å². The zero-order valence-electron chi connectivity index (χ0n) is 37.3. The number of likely N-dealkylation sites (tertiary alicyclic amines) is 3. The van der Waals surface area contributed by atoms with Gasteiger partial charge in [-0.1, -0.05) is 18.2 Å². The number of amides is 6. The van der Waals surface area contributed by atoms with Crippen LogP contribution in [0.15, 0.2) is 91.1 Å². The molecule has 6 heterocycles. The van der Waals surface area contributed by atoms with Gasteiger partial charge in [0.2, 0.25) is 0 Å². The second-order valence-electron chi connectivity index (χ2n) is 17.6. The first-order valence-corrected chi connectivity index (χ1v) is 22.0. The number of anilines is 3. The van der Waals surface area contributed by atoms with Crippen molar-refractivity contribution in [1.82, 2.24) is 20.9 Å². The van der Waals surface area contributed by atoms with Gasteiger partial charge in [0, 0.05) is 74.5 Å². The fraction of sp³-hybridized carbons (Fsp3) is 0.375. The van der Waals surface area contributed by atoms with E-state index in [1.807, 2.05) is 0 Å². The summed E-state index contributed by atoms with van der Waals surface area (Å²) < 4.78 is 80.2. The molecule has 2 radical (unpaired) electrons. The fourth-order valence-corrected chi connectivity index (χ4v) is 10.0. The Balaban J connectivity index is 0.000000171. The zero-order chi connectivity index (χ0) is 49.8. The van der Waals surface area contributed by atoms with Gasteiger partial charge in [0.1, 0.15) is 18.3 Å². The summed E-state index contributed by atoms with van der Waals surface area (Å²) in [5.74, 6) is -6.94. The van der Waals surface area contributed by atoms with Crippen LogP contribution in [0.25, 0.3) is 0 Å². The second-order valence-corrected chi connectivity index (χ2v) is 17.6. The number of carbonyl (C=O) groups excluding carboxylic acids is 6. The molecule has 70 heavy (non-hydrogen) atoms. The van der Waals surface area contributed by atoms with Crippen molar-refractivity contribution < 1.29 is 70.4 Å². The van der Waals surface area contributed by atoms with Crippen LogP contribution in [-0.4, -0.2) is 107 Å². The molecule has 16 nitrogen and oxygen atoms in total. The van der Waals surface area contributed by atoms with E-state index in [1.165, 1.54) is 65.8 Å². The summed E-state index contributed by atoms with van der Waals surface area (Å²) in [7, 11) is 0. The lowest BCUT2D eigenvalue weighted by atomic mass is 9.80. The maximum atomic E-state index is 13.6. The molecule has 3 aromatic carbocycles. The Morgan fingerprint density at radius 2 is 0.629 bits per heavy atom. The van der Waals surface area contributed by atoms with E-state index in [0.717, 1.165) is 36.4 Å². The van der Waals surface area contributed by atoms with Crippen molar-refractivity contribution in [2.75, 3.05) is 54.0 Å². The normalized spacial score (nSPS) is 19.9. The van der Waals surface area contributed by atoms with Crippen molar-refractivity contribution in [3.05, 3.63) is 126 Å². The molecule has 0 saturated carbocycles. The van der Waals surface area contributed by atoms with E-state index < -0.39 is 69.8 Å². The van der Waals surface area contributed by atoms with E-state index in [2.05, 4.69) is 0 Å². The smallest absolute Gasteiger partial charge is 0.530 e. The topological polar surface area (TPSA) is 222 Å². The van der Waals surface area contributed by atoms with Crippen LogP contribution in [0.5, 0.6) is 0 Å². The molecule has 368 valence electrons. The molecule has 0 aromatic heterocycles. The molecule has 22 heteroatoms. The van der Waals surface area contributed by atoms with Gasteiger partial charge < -0.3 is 59.1 Å². The molecule has 0 N–H and O–H groups in total. The summed E-state index contributed by atoms with van der Waals surface area (Å²) in [6, 6.07) is 10.0. The van der Waals surface area contributed by atoms with Crippen molar-refractivity contribution >= 4 is 53.1 Å². The molecule has 3 saturated heterocycles. The zero-order valence-corrected chi connectivity index (χ0v) is 37.3. The van der Waals surface area contributed by atoms with Crippen molar-refractivity contribution in [2.45, 2.75) is 74.4 Å². The largest absolute Gasteiger partial charge is 3.00 e. The summed E-state index contributed by atoms with van der Waals surface area (Å²) in [6.07, 6.45) is 9.81. The van der Waals surface area contributed by atoms with E-state index in [0.29, 0.717) is 57.8 Å². The van der Waals surface area contributed by atoms with Gasteiger partial charge in [-0.25, -0.2) is 26.3 Å².